The van der Waals surface area contributed by atoms with Gasteiger partial charge in [0.2, 0.25) is 0 Å². The normalized spacial score (nSPS) is 19.1. The minimum atomic E-state index is -3.04. The second-order valence-electron chi connectivity index (χ2n) is 6.95. The molecule has 0 atom stereocenters. The third-order valence-corrected chi connectivity index (χ3v) is 8.14. The van der Waals surface area contributed by atoms with Crippen LogP contribution in [0.2, 0.25) is 0 Å². The lowest BCUT2D eigenvalue weighted by Crippen LogP contribution is -2.57. The molecule has 1 aliphatic rings. The van der Waals surface area contributed by atoms with Gasteiger partial charge in [-0.25, -0.2) is 13.4 Å². The molecule has 0 bridgehead atoms. The van der Waals surface area contributed by atoms with Crippen molar-refractivity contribution in [2.75, 3.05) is 31.9 Å². The Morgan fingerprint density at radius 2 is 2.08 bits per heavy atom. The molecule has 150 valence electrons. The molecule has 6 nitrogen and oxygen atoms in total. The molecule has 1 saturated heterocycles. The highest BCUT2D eigenvalue weighted by atomic mass is 127. The van der Waals surface area contributed by atoms with Gasteiger partial charge in [0, 0.05) is 37.5 Å². The Kier molecular flexibility index (Phi) is 8.79. The number of halogens is 1. The largest absolute Gasteiger partial charge is 0.357 e. The molecule has 0 aromatic carbocycles. The van der Waals surface area contributed by atoms with Gasteiger partial charge >= 0.3 is 0 Å². The molecule has 0 radical (unpaired) electrons. The molecule has 0 spiro atoms. The average Bonchev–Trinajstić information content (AvgIpc) is 2.89. The lowest BCUT2D eigenvalue weighted by Gasteiger charge is -2.39. The highest BCUT2D eigenvalue weighted by Gasteiger charge is 2.40. The third-order valence-electron chi connectivity index (χ3n) is 4.54. The van der Waals surface area contributed by atoms with Gasteiger partial charge in [0.15, 0.2) is 15.8 Å². The number of hydrogen-bond donors (Lipinski definition) is 1. The number of sulfone groups is 1. The number of guanidine groups is 1. The average molecular weight is 514 g/mol. The van der Waals surface area contributed by atoms with Crippen molar-refractivity contribution in [3.8, 4) is 0 Å². The van der Waals surface area contributed by atoms with Crippen LogP contribution in [0, 0.1) is 6.92 Å². The third kappa shape index (κ3) is 5.54. The van der Waals surface area contributed by atoms with Crippen molar-refractivity contribution in [3.63, 3.8) is 0 Å². The van der Waals surface area contributed by atoms with Crippen LogP contribution in [0.1, 0.15) is 43.3 Å². The van der Waals surface area contributed by atoms with Crippen molar-refractivity contribution >= 4 is 51.1 Å². The Labute approximate surface area is 178 Å². The van der Waals surface area contributed by atoms with E-state index in [1.807, 2.05) is 6.92 Å². The molecule has 1 aliphatic heterocycles. The summed E-state index contributed by atoms with van der Waals surface area (Å²) in [4.78, 5) is 12.7. The number of aliphatic imine (C=N–C) groups is 1. The molecule has 0 unspecified atom stereocenters. The van der Waals surface area contributed by atoms with Crippen LogP contribution in [0.4, 0.5) is 0 Å². The topological polar surface area (TPSA) is 74.7 Å². The van der Waals surface area contributed by atoms with E-state index in [2.05, 4.69) is 29.0 Å². The highest BCUT2D eigenvalue weighted by Crippen LogP contribution is 2.24. The van der Waals surface area contributed by atoms with Gasteiger partial charge in [-0.3, -0.25) is 4.99 Å². The molecule has 1 aromatic rings. The Morgan fingerprint density at radius 1 is 1.38 bits per heavy atom. The molecule has 1 N–H and O–H groups in total. The van der Waals surface area contributed by atoms with Gasteiger partial charge in [-0.05, 0) is 34.1 Å². The number of nitrogens with zero attached hydrogens (tertiary/aromatic N) is 3. The Bertz CT molecular complexity index is 729. The van der Waals surface area contributed by atoms with Gasteiger partial charge < -0.3 is 10.2 Å². The maximum atomic E-state index is 12.2. The summed E-state index contributed by atoms with van der Waals surface area (Å²) in [6.45, 7) is 12.2. The summed E-state index contributed by atoms with van der Waals surface area (Å²) >= 11 is 1.75. The smallest absolute Gasteiger partial charge is 0.194 e. The van der Waals surface area contributed by atoms with Gasteiger partial charge in [0.05, 0.1) is 21.2 Å². The van der Waals surface area contributed by atoms with Crippen LogP contribution in [0.3, 0.4) is 0 Å². The van der Waals surface area contributed by atoms with E-state index in [0.717, 1.165) is 30.4 Å². The molecule has 2 rings (SSSR count). The second-order valence-corrected chi connectivity index (χ2v) is 11.0. The highest BCUT2D eigenvalue weighted by molar-refractivity contribution is 14.0. The Hall–Kier alpha value is -0.420. The van der Waals surface area contributed by atoms with Crippen LogP contribution in [0.25, 0.3) is 0 Å². The number of rotatable bonds is 5. The van der Waals surface area contributed by atoms with Crippen molar-refractivity contribution in [1.29, 1.82) is 0 Å². The second kappa shape index (κ2) is 9.68. The first kappa shape index (κ1) is 23.6. The van der Waals surface area contributed by atoms with E-state index in [0.29, 0.717) is 19.6 Å². The van der Waals surface area contributed by atoms with Gasteiger partial charge in [-0.2, -0.15) is 0 Å². The van der Waals surface area contributed by atoms with Crippen LogP contribution in [-0.2, 0) is 22.7 Å². The predicted octanol–water partition coefficient (Wildman–Crippen LogP) is 2.65. The maximum absolute atomic E-state index is 12.2. The first-order valence-corrected chi connectivity index (χ1v) is 11.4. The quantitative estimate of drug-likeness (QED) is 0.372. The predicted molar refractivity (Wildman–Crippen MR) is 121 cm³/mol. The summed E-state index contributed by atoms with van der Waals surface area (Å²) in [6, 6.07) is 0. The molecule has 9 heteroatoms. The number of hydrogen-bond acceptors (Lipinski definition) is 5. The molecule has 26 heavy (non-hydrogen) atoms. The van der Waals surface area contributed by atoms with E-state index in [-0.39, 0.29) is 29.7 Å². The van der Waals surface area contributed by atoms with Crippen LogP contribution in [0.5, 0.6) is 0 Å². The SMILES string of the molecule is CCNC(=NCCc1nc(CC)c(C)s1)N1CCS(=O)(=O)C(C)(C)C1.I. The summed E-state index contributed by atoms with van der Waals surface area (Å²) in [5.74, 6) is 0.977. The lowest BCUT2D eigenvalue weighted by molar-refractivity contribution is 0.353. The molecule has 0 aliphatic carbocycles. The fraction of sp³-hybridized carbons (Fsp3) is 0.765. The molecule has 2 heterocycles. The van der Waals surface area contributed by atoms with E-state index in [4.69, 9.17) is 4.99 Å². The lowest BCUT2D eigenvalue weighted by atomic mass is 10.2. The number of aryl methyl sites for hydroxylation is 2. The minimum Gasteiger partial charge on any atom is -0.357 e. The summed E-state index contributed by atoms with van der Waals surface area (Å²) in [7, 11) is -3.04. The standard InChI is InChI=1S/C17H30N4O2S2.HI/c1-6-14-13(3)24-15(20-14)8-9-19-16(18-7-2)21-10-11-25(22,23)17(4,5)12-21;/h6-12H2,1-5H3,(H,18,19);1H. The van der Waals surface area contributed by atoms with Gasteiger partial charge in [0.25, 0.3) is 0 Å². The Morgan fingerprint density at radius 3 is 2.62 bits per heavy atom. The minimum absolute atomic E-state index is 0. The fourth-order valence-corrected chi connectivity index (χ4v) is 5.31. The molecule has 1 aromatic heterocycles. The monoisotopic (exact) mass is 514 g/mol. The molecule has 0 amide bonds. The number of thiazole rings is 1. The van der Waals surface area contributed by atoms with Crippen molar-refractivity contribution < 1.29 is 8.42 Å². The van der Waals surface area contributed by atoms with Crippen LogP contribution >= 0.6 is 35.3 Å². The molecular formula is C17H31IN4O2S2. The maximum Gasteiger partial charge on any atom is 0.194 e. The Balaban J connectivity index is 0.00000338. The van der Waals surface area contributed by atoms with Gasteiger partial charge in [-0.15, -0.1) is 35.3 Å². The number of nitrogens with one attached hydrogen (secondary N) is 1. The zero-order valence-corrected chi connectivity index (χ0v) is 20.3. The summed E-state index contributed by atoms with van der Waals surface area (Å²) < 4.78 is 23.6. The fourth-order valence-electron chi connectivity index (χ4n) is 2.93. The van der Waals surface area contributed by atoms with E-state index < -0.39 is 14.6 Å². The summed E-state index contributed by atoms with van der Waals surface area (Å²) in [5.41, 5.74) is 1.18. The van der Waals surface area contributed by atoms with E-state index in [1.54, 1.807) is 25.2 Å². The molecule has 0 saturated carbocycles. The van der Waals surface area contributed by atoms with Crippen molar-refractivity contribution in [2.45, 2.75) is 52.2 Å². The van der Waals surface area contributed by atoms with Gasteiger partial charge in [0.1, 0.15) is 0 Å². The van der Waals surface area contributed by atoms with E-state index in [1.165, 1.54) is 10.6 Å². The molecular weight excluding hydrogens is 483 g/mol. The zero-order chi connectivity index (χ0) is 18.7. The zero-order valence-electron chi connectivity index (χ0n) is 16.3. The van der Waals surface area contributed by atoms with Crippen LogP contribution in [0.15, 0.2) is 4.99 Å². The summed E-state index contributed by atoms with van der Waals surface area (Å²) in [6.07, 6.45) is 1.78. The van der Waals surface area contributed by atoms with Gasteiger partial charge in [-0.1, -0.05) is 6.92 Å². The van der Waals surface area contributed by atoms with E-state index >= 15 is 0 Å². The van der Waals surface area contributed by atoms with Crippen LogP contribution in [-0.4, -0.2) is 60.9 Å². The summed E-state index contributed by atoms with van der Waals surface area (Å²) in [5, 5.41) is 4.42. The number of aromatic nitrogens is 1. The van der Waals surface area contributed by atoms with Crippen molar-refractivity contribution in [3.05, 3.63) is 15.6 Å². The van der Waals surface area contributed by atoms with Crippen molar-refractivity contribution in [2.24, 2.45) is 4.99 Å². The molecule has 1 fully saturated rings. The van der Waals surface area contributed by atoms with E-state index in [9.17, 15) is 8.42 Å². The first-order valence-electron chi connectivity index (χ1n) is 8.91. The van der Waals surface area contributed by atoms with Crippen LogP contribution < -0.4 is 5.32 Å². The first-order chi connectivity index (χ1) is 11.7. The van der Waals surface area contributed by atoms with Crippen molar-refractivity contribution in [1.82, 2.24) is 15.2 Å².